The van der Waals surface area contributed by atoms with Crippen molar-refractivity contribution in [2.45, 2.75) is 13.2 Å². The molecule has 0 bridgehead atoms. The molecule has 0 saturated carbocycles. The Kier molecular flexibility index (Phi) is 5.94. The van der Waals surface area contributed by atoms with Crippen LogP contribution in [0.4, 0.5) is 0 Å². The number of aromatic nitrogens is 4. The van der Waals surface area contributed by atoms with E-state index in [0.29, 0.717) is 30.3 Å². The van der Waals surface area contributed by atoms with Gasteiger partial charge in [0.05, 0.1) is 29.2 Å². The molecule has 2 heterocycles. The molecular formula is C31H23N5O. The van der Waals surface area contributed by atoms with Gasteiger partial charge in [-0.05, 0) is 29.3 Å². The molecule has 0 aliphatic rings. The molecule has 0 spiro atoms. The minimum atomic E-state index is 0.392. The van der Waals surface area contributed by atoms with Crippen molar-refractivity contribution in [2.75, 3.05) is 0 Å². The molecule has 4 aromatic carbocycles. The van der Waals surface area contributed by atoms with Crippen LogP contribution in [0.15, 0.2) is 109 Å². The third-order valence-electron chi connectivity index (χ3n) is 6.19. The van der Waals surface area contributed by atoms with E-state index in [9.17, 15) is 5.26 Å². The van der Waals surface area contributed by atoms with Crippen molar-refractivity contribution in [3.63, 3.8) is 0 Å². The van der Waals surface area contributed by atoms with Crippen LogP contribution in [0.3, 0.4) is 0 Å². The van der Waals surface area contributed by atoms with Crippen LogP contribution in [0.2, 0.25) is 0 Å². The van der Waals surface area contributed by atoms with E-state index in [0.717, 1.165) is 39.1 Å². The average molecular weight is 482 g/mol. The molecule has 178 valence electrons. The van der Waals surface area contributed by atoms with Gasteiger partial charge in [0, 0.05) is 5.56 Å². The predicted octanol–water partition coefficient (Wildman–Crippen LogP) is 6.59. The Morgan fingerprint density at radius 1 is 0.811 bits per heavy atom. The van der Waals surface area contributed by atoms with Crippen molar-refractivity contribution < 1.29 is 4.74 Å². The third kappa shape index (κ3) is 4.58. The molecule has 6 nitrogen and oxygen atoms in total. The van der Waals surface area contributed by atoms with Crippen molar-refractivity contribution in [1.82, 2.24) is 19.7 Å². The van der Waals surface area contributed by atoms with Gasteiger partial charge in [0.15, 0.2) is 11.6 Å². The Balaban J connectivity index is 1.54. The molecule has 0 aliphatic carbocycles. The lowest BCUT2D eigenvalue weighted by atomic mass is 10.1. The Labute approximate surface area is 214 Å². The number of nitrogens with zero attached hydrogens (tertiary/aromatic N) is 4. The fourth-order valence-electron chi connectivity index (χ4n) is 4.39. The van der Waals surface area contributed by atoms with E-state index in [4.69, 9.17) is 14.8 Å². The summed E-state index contributed by atoms with van der Waals surface area (Å²) in [6.45, 7) is 0.939. The fourth-order valence-corrected chi connectivity index (χ4v) is 4.39. The van der Waals surface area contributed by atoms with Crippen molar-refractivity contribution >= 4 is 11.0 Å². The lowest BCUT2D eigenvalue weighted by Crippen LogP contribution is -2.05. The summed E-state index contributed by atoms with van der Waals surface area (Å²) in [4.78, 5) is 8.29. The summed E-state index contributed by atoms with van der Waals surface area (Å²) in [5.74, 6) is 1.30. The molecule has 2 aromatic heterocycles. The highest BCUT2D eigenvalue weighted by Gasteiger charge is 2.25. The number of ether oxygens (including phenoxy) is 1. The second-order valence-electron chi connectivity index (χ2n) is 8.74. The number of hydrogen-bond acceptors (Lipinski definition) is 4. The maximum Gasteiger partial charge on any atom is 0.176 e. The van der Waals surface area contributed by atoms with Gasteiger partial charge in [-0.2, -0.15) is 10.4 Å². The van der Waals surface area contributed by atoms with Gasteiger partial charge in [-0.1, -0.05) is 91.0 Å². The highest BCUT2D eigenvalue weighted by molar-refractivity contribution is 5.83. The van der Waals surface area contributed by atoms with Crippen LogP contribution in [-0.4, -0.2) is 19.7 Å². The number of nitriles is 1. The lowest BCUT2D eigenvalue weighted by Gasteiger charge is -2.10. The zero-order valence-electron chi connectivity index (χ0n) is 20.0. The highest BCUT2D eigenvalue weighted by Crippen LogP contribution is 2.39. The number of fused-ring (bicyclic) bond motifs is 1. The normalized spacial score (nSPS) is 10.9. The Morgan fingerprint density at radius 3 is 2.19 bits per heavy atom. The van der Waals surface area contributed by atoms with E-state index in [1.807, 2.05) is 95.7 Å². The van der Waals surface area contributed by atoms with Crippen LogP contribution in [-0.2, 0) is 13.2 Å². The zero-order valence-corrected chi connectivity index (χ0v) is 20.0. The molecule has 0 amide bonds. The fraction of sp³-hybridized carbons (Fsp3) is 0.0645. The first-order valence-electron chi connectivity index (χ1n) is 12.1. The van der Waals surface area contributed by atoms with Crippen molar-refractivity contribution in [3.8, 4) is 34.6 Å². The standard InChI is InChI=1S/C31H23N5O/c32-19-24-16-17-26-27(18-24)34-31(33-26)29-30(37-21-23-12-6-2-7-13-23)28(25-14-8-3-9-15-25)35-36(29)20-22-10-4-1-5-11-22/h1-18H,20-21H2,(H,33,34). The van der Waals surface area contributed by atoms with E-state index in [1.54, 1.807) is 6.07 Å². The molecule has 0 aliphatic heterocycles. The minimum Gasteiger partial charge on any atom is -0.484 e. The summed E-state index contributed by atoms with van der Waals surface area (Å²) < 4.78 is 8.47. The van der Waals surface area contributed by atoms with Gasteiger partial charge in [0.2, 0.25) is 0 Å². The average Bonchev–Trinajstić information content (AvgIpc) is 3.54. The maximum absolute atomic E-state index is 9.36. The van der Waals surface area contributed by atoms with E-state index in [1.165, 1.54) is 0 Å². The second-order valence-corrected chi connectivity index (χ2v) is 8.74. The smallest absolute Gasteiger partial charge is 0.176 e. The van der Waals surface area contributed by atoms with E-state index >= 15 is 0 Å². The number of imidazole rings is 1. The predicted molar refractivity (Wildman–Crippen MR) is 144 cm³/mol. The number of benzene rings is 4. The maximum atomic E-state index is 9.36. The van der Waals surface area contributed by atoms with E-state index in [-0.39, 0.29) is 0 Å². The van der Waals surface area contributed by atoms with Crippen LogP contribution in [0.1, 0.15) is 16.7 Å². The van der Waals surface area contributed by atoms with Crippen LogP contribution in [0.5, 0.6) is 5.75 Å². The molecule has 0 fully saturated rings. The monoisotopic (exact) mass is 481 g/mol. The molecule has 6 heteroatoms. The number of nitrogens with one attached hydrogen (secondary N) is 1. The quantitative estimate of drug-likeness (QED) is 0.279. The van der Waals surface area contributed by atoms with Crippen LogP contribution in [0, 0.1) is 11.3 Å². The summed E-state index contributed by atoms with van der Waals surface area (Å²) in [7, 11) is 0. The molecule has 6 rings (SSSR count). The first kappa shape index (κ1) is 22.3. The number of aromatic amines is 1. The summed E-state index contributed by atoms with van der Waals surface area (Å²) in [5, 5.41) is 14.4. The summed E-state index contributed by atoms with van der Waals surface area (Å²) >= 11 is 0. The van der Waals surface area contributed by atoms with Crippen molar-refractivity contribution in [3.05, 3.63) is 126 Å². The number of rotatable bonds is 7. The Morgan fingerprint density at radius 2 is 1.49 bits per heavy atom. The molecule has 1 N–H and O–H groups in total. The van der Waals surface area contributed by atoms with Gasteiger partial charge in [0.1, 0.15) is 18.0 Å². The third-order valence-corrected chi connectivity index (χ3v) is 6.19. The minimum absolute atomic E-state index is 0.392. The van der Waals surface area contributed by atoms with Crippen molar-refractivity contribution in [1.29, 1.82) is 5.26 Å². The van der Waals surface area contributed by atoms with Crippen LogP contribution < -0.4 is 4.74 Å². The molecule has 37 heavy (non-hydrogen) atoms. The lowest BCUT2D eigenvalue weighted by molar-refractivity contribution is 0.308. The molecular weight excluding hydrogens is 458 g/mol. The van der Waals surface area contributed by atoms with Gasteiger partial charge < -0.3 is 9.72 Å². The summed E-state index contributed by atoms with van der Waals surface area (Å²) in [6, 6.07) is 38.0. The van der Waals surface area contributed by atoms with E-state index in [2.05, 4.69) is 23.2 Å². The number of H-pyrrole nitrogens is 1. The van der Waals surface area contributed by atoms with Gasteiger partial charge >= 0.3 is 0 Å². The summed E-state index contributed by atoms with van der Waals surface area (Å²) in [5.41, 5.74) is 6.78. The van der Waals surface area contributed by atoms with Crippen LogP contribution in [0.25, 0.3) is 33.8 Å². The zero-order chi connectivity index (χ0) is 25.0. The van der Waals surface area contributed by atoms with Gasteiger partial charge in [0.25, 0.3) is 0 Å². The van der Waals surface area contributed by atoms with Gasteiger partial charge in [-0.15, -0.1) is 0 Å². The van der Waals surface area contributed by atoms with E-state index < -0.39 is 0 Å². The van der Waals surface area contributed by atoms with Crippen LogP contribution >= 0.6 is 0 Å². The first-order chi connectivity index (χ1) is 18.3. The highest BCUT2D eigenvalue weighted by atomic mass is 16.5. The number of hydrogen-bond donors (Lipinski definition) is 1. The topological polar surface area (TPSA) is 79.5 Å². The molecule has 0 atom stereocenters. The van der Waals surface area contributed by atoms with Crippen molar-refractivity contribution in [2.24, 2.45) is 0 Å². The Hall–Kier alpha value is -5.15. The van der Waals surface area contributed by atoms with Gasteiger partial charge in [-0.3, -0.25) is 4.68 Å². The van der Waals surface area contributed by atoms with Gasteiger partial charge in [-0.25, -0.2) is 4.98 Å². The largest absolute Gasteiger partial charge is 0.484 e. The molecule has 0 unspecified atom stereocenters. The first-order valence-corrected chi connectivity index (χ1v) is 12.1. The molecule has 0 radical (unpaired) electrons. The molecule has 0 saturated heterocycles. The SMILES string of the molecule is N#Cc1ccc2nc(-c3c(OCc4ccccc4)c(-c4ccccc4)nn3Cc3ccccc3)[nH]c2c1. The second kappa shape index (κ2) is 9.84. The summed E-state index contributed by atoms with van der Waals surface area (Å²) in [6.07, 6.45) is 0. The molecule has 6 aromatic rings. The Bertz CT molecular complexity index is 1700.